The van der Waals surface area contributed by atoms with Crippen molar-refractivity contribution >= 4 is 21.8 Å². The molecule has 1 aliphatic heterocycles. The second kappa shape index (κ2) is 8.80. The average Bonchev–Trinajstić information content (AvgIpc) is 3.48. The van der Waals surface area contributed by atoms with Gasteiger partial charge < -0.3 is 20.3 Å². The van der Waals surface area contributed by atoms with Crippen LogP contribution in [0.2, 0.25) is 0 Å². The zero-order valence-corrected chi connectivity index (χ0v) is 16.8. The molecule has 0 aromatic heterocycles. The van der Waals surface area contributed by atoms with Crippen LogP contribution in [0.3, 0.4) is 0 Å². The van der Waals surface area contributed by atoms with E-state index in [1.165, 1.54) is 4.90 Å². The predicted molar refractivity (Wildman–Crippen MR) is 104 cm³/mol. The van der Waals surface area contributed by atoms with Crippen LogP contribution >= 0.6 is 0 Å². The smallest absolute Gasteiger partial charge is 0.318 e. The lowest BCUT2D eigenvalue weighted by atomic mass is 10.2. The Labute approximate surface area is 169 Å². The first-order valence-electron chi connectivity index (χ1n) is 9.43. The number of sulfone groups is 1. The third-order valence-electron chi connectivity index (χ3n) is 4.89. The third kappa shape index (κ3) is 5.92. The molecule has 1 heterocycles. The molecule has 1 aromatic carbocycles. The van der Waals surface area contributed by atoms with Crippen LogP contribution in [0.4, 0.5) is 4.79 Å². The maximum atomic E-state index is 12.7. The van der Waals surface area contributed by atoms with E-state index in [2.05, 4.69) is 10.6 Å². The van der Waals surface area contributed by atoms with Gasteiger partial charge in [0, 0.05) is 13.1 Å². The molecule has 1 saturated carbocycles. The summed E-state index contributed by atoms with van der Waals surface area (Å²) in [6.07, 6.45) is 1.02. The molecule has 1 aromatic rings. The second-order valence-electron chi connectivity index (χ2n) is 7.32. The van der Waals surface area contributed by atoms with Crippen molar-refractivity contribution in [1.29, 1.82) is 5.26 Å². The highest BCUT2D eigenvalue weighted by molar-refractivity contribution is 7.90. The zero-order chi connectivity index (χ0) is 20.9. The Hall–Kier alpha value is -2.64. The highest BCUT2D eigenvalue weighted by Crippen LogP contribution is 2.34. The van der Waals surface area contributed by atoms with Crippen LogP contribution in [0.15, 0.2) is 30.3 Å². The fraction of sp³-hybridized carbons (Fsp3) is 0.526. The van der Waals surface area contributed by atoms with Crippen LogP contribution in [0, 0.1) is 11.3 Å². The van der Waals surface area contributed by atoms with Crippen molar-refractivity contribution in [3.8, 4) is 6.07 Å². The van der Waals surface area contributed by atoms with Crippen molar-refractivity contribution in [2.24, 2.45) is 0 Å². The van der Waals surface area contributed by atoms with Crippen molar-refractivity contribution in [1.82, 2.24) is 15.5 Å². The maximum absolute atomic E-state index is 12.7. The monoisotopic (exact) mass is 420 g/mol. The van der Waals surface area contributed by atoms with Crippen molar-refractivity contribution in [3.63, 3.8) is 0 Å². The fourth-order valence-corrected chi connectivity index (χ4v) is 4.60. The van der Waals surface area contributed by atoms with Crippen molar-refractivity contribution in [2.75, 3.05) is 32.1 Å². The van der Waals surface area contributed by atoms with Gasteiger partial charge in [0.15, 0.2) is 9.84 Å². The number of carbonyl (C=O) groups excluding carboxylic acids is 2. The molecule has 2 N–H and O–H groups in total. The molecule has 9 nitrogen and oxygen atoms in total. The van der Waals surface area contributed by atoms with E-state index < -0.39 is 39.1 Å². The van der Waals surface area contributed by atoms with Gasteiger partial charge in [0.1, 0.15) is 11.6 Å². The van der Waals surface area contributed by atoms with Gasteiger partial charge in [-0.3, -0.25) is 4.79 Å². The minimum atomic E-state index is -3.70. The van der Waals surface area contributed by atoms with Gasteiger partial charge >= 0.3 is 6.03 Å². The Morgan fingerprint density at radius 1 is 1.21 bits per heavy atom. The molecular weight excluding hydrogens is 396 g/mol. The van der Waals surface area contributed by atoms with Gasteiger partial charge in [-0.25, -0.2) is 13.2 Å². The number of hydrogen-bond acceptors (Lipinski definition) is 6. The average molecular weight is 420 g/mol. The van der Waals surface area contributed by atoms with Gasteiger partial charge in [0.25, 0.3) is 0 Å². The van der Waals surface area contributed by atoms with E-state index in [9.17, 15) is 23.3 Å². The first-order chi connectivity index (χ1) is 13.8. The molecule has 1 saturated heterocycles. The van der Waals surface area contributed by atoms with Gasteiger partial charge in [-0.15, -0.1) is 0 Å². The Bertz CT molecular complexity index is 887. The van der Waals surface area contributed by atoms with Gasteiger partial charge in [-0.2, -0.15) is 5.26 Å². The minimum Gasteiger partial charge on any atom is -0.378 e. The summed E-state index contributed by atoms with van der Waals surface area (Å²) in [5.41, 5.74) is -0.357. The summed E-state index contributed by atoms with van der Waals surface area (Å²) >= 11 is 0. The number of ether oxygens (including phenoxy) is 1. The third-order valence-corrected chi connectivity index (χ3v) is 6.50. The highest BCUT2D eigenvalue weighted by atomic mass is 32.2. The molecule has 2 fully saturated rings. The molecule has 2 aliphatic rings. The Morgan fingerprint density at radius 2 is 1.86 bits per heavy atom. The Balaban J connectivity index is 1.71. The van der Waals surface area contributed by atoms with Crippen LogP contribution in [0.25, 0.3) is 0 Å². The fourth-order valence-electron chi connectivity index (χ4n) is 3.04. The predicted octanol–water partition coefficient (Wildman–Crippen LogP) is 0.184. The molecule has 0 radical (unpaired) electrons. The molecule has 156 valence electrons. The first-order valence-corrected chi connectivity index (χ1v) is 11.3. The quantitative estimate of drug-likeness (QED) is 0.648. The molecule has 1 aliphatic carbocycles. The molecule has 29 heavy (non-hydrogen) atoms. The van der Waals surface area contributed by atoms with E-state index in [-0.39, 0.29) is 5.75 Å². The lowest BCUT2D eigenvalue weighted by molar-refractivity contribution is -0.123. The number of nitrogens with zero attached hydrogens (tertiary/aromatic N) is 2. The summed E-state index contributed by atoms with van der Waals surface area (Å²) in [6, 6.07) is 8.86. The number of hydrogen-bond donors (Lipinski definition) is 2. The normalized spacial score (nSPS) is 18.9. The van der Waals surface area contributed by atoms with E-state index >= 15 is 0 Å². The zero-order valence-electron chi connectivity index (χ0n) is 16.0. The summed E-state index contributed by atoms with van der Waals surface area (Å²) in [5, 5.41) is 14.3. The van der Waals surface area contributed by atoms with Gasteiger partial charge in [0.05, 0.1) is 30.8 Å². The maximum Gasteiger partial charge on any atom is 0.318 e. The number of urea groups is 1. The number of nitrogens with one attached hydrogen (secondary N) is 2. The van der Waals surface area contributed by atoms with E-state index in [1.54, 1.807) is 30.3 Å². The highest BCUT2D eigenvalue weighted by Gasteiger charge is 2.46. The summed E-state index contributed by atoms with van der Waals surface area (Å²) < 4.78 is 30.6. The number of rotatable bonds is 7. The minimum absolute atomic E-state index is 0.242. The Kier molecular flexibility index (Phi) is 6.39. The van der Waals surface area contributed by atoms with Crippen molar-refractivity contribution in [2.45, 2.75) is 30.2 Å². The largest absolute Gasteiger partial charge is 0.378 e. The first kappa shape index (κ1) is 21.1. The lowest BCUT2D eigenvalue weighted by Gasteiger charge is -2.29. The second-order valence-corrected chi connectivity index (χ2v) is 9.43. The number of morpholine rings is 1. The molecule has 3 rings (SSSR count). The number of nitriles is 1. The summed E-state index contributed by atoms with van der Waals surface area (Å²) in [5.74, 6) is -1.46. The molecule has 10 heteroatoms. The number of benzene rings is 1. The van der Waals surface area contributed by atoms with Gasteiger partial charge in [-0.1, -0.05) is 30.3 Å². The number of carbonyl (C=O) groups is 2. The van der Waals surface area contributed by atoms with Crippen LogP contribution < -0.4 is 10.6 Å². The SMILES string of the molecule is N#CC1(NC(=O)[C@H](CS(=O)(=O)Cc2ccccc2)NC(=O)N2CCOCC2)CC1. The van der Waals surface area contributed by atoms with Gasteiger partial charge in [0.2, 0.25) is 5.91 Å². The van der Waals surface area contributed by atoms with Crippen molar-refractivity contribution < 1.29 is 22.7 Å². The van der Waals surface area contributed by atoms with E-state index in [4.69, 9.17) is 4.74 Å². The molecular formula is C19H24N4O5S. The van der Waals surface area contributed by atoms with Crippen LogP contribution in [0.1, 0.15) is 18.4 Å². The van der Waals surface area contributed by atoms with Crippen LogP contribution in [0.5, 0.6) is 0 Å². The number of amides is 3. The van der Waals surface area contributed by atoms with Gasteiger partial charge in [-0.05, 0) is 18.4 Å². The molecule has 0 spiro atoms. The lowest BCUT2D eigenvalue weighted by Crippen LogP contribution is -2.57. The van der Waals surface area contributed by atoms with E-state index in [0.29, 0.717) is 44.7 Å². The summed E-state index contributed by atoms with van der Waals surface area (Å²) in [7, 11) is -3.70. The molecule has 3 amide bonds. The van der Waals surface area contributed by atoms with E-state index in [0.717, 1.165) is 0 Å². The Morgan fingerprint density at radius 3 is 2.45 bits per heavy atom. The summed E-state index contributed by atoms with van der Waals surface area (Å²) in [6.45, 7) is 1.49. The van der Waals surface area contributed by atoms with Crippen LogP contribution in [-0.4, -0.2) is 68.9 Å². The standard InChI is InChI=1S/C19H24N4O5S/c20-14-19(6-7-19)22-17(24)16(21-18(25)23-8-10-28-11-9-23)13-29(26,27)12-15-4-2-1-3-5-15/h1-5,16H,6-13H2,(H,21,25)(H,22,24)/t16-/m0/s1. The van der Waals surface area contributed by atoms with E-state index in [1.807, 2.05) is 6.07 Å². The summed E-state index contributed by atoms with van der Waals surface area (Å²) in [4.78, 5) is 26.7. The van der Waals surface area contributed by atoms with Crippen LogP contribution in [-0.2, 0) is 25.1 Å². The molecule has 1 atom stereocenters. The topological polar surface area (TPSA) is 129 Å². The van der Waals surface area contributed by atoms with Crippen molar-refractivity contribution in [3.05, 3.63) is 35.9 Å². The molecule has 0 unspecified atom stereocenters. The molecule has 0 bridgehead atoms.